The predicted octanol–water partition coefficient (Wildman–Crippen LogP) is 2.06. The van der Waals surface area contributed by atoms with E-state index in [1.165, 1.54) is 6.08 Å². The van der Waals surface area contributed by atoms with Crippen LogP contribution in [0.25, 0.3) is 17.2 Å². The summed E-state index contributed by atoms with van der Waals surface area (Å²) in [5.74, 6) is -1.08. The molecule has 0 saturated carbocycles. The van der Waals surface area contributed by atoms with Crippen molar-refractivity contribution in [3.8, 4) is 0 Å². The van der Waals surface area contributed by atoms with E-state index in [0.717, 1.165) is 6.08 Å². The number of aromatic nitrogens is 1. The maximum atomic E-state index is 12.7. The van der Waals surface area contributed by atoms with Gasteiger partial charge in [0.1, 0.15) is 5.52 Å². The van der Waals surface area contributed by atoms with E-state index in [1.807, 2.05) is 0 Å². The lowest BCUT2D eigenvalue weighted by atomic mass is 10.2. The Labute approximate surface area is 83.7 Å². The molecule has 1 N–H and O–H groups in total. The summed E-state index contributed by atoms with van der Waals surface area (Å²) in [5.41, 5.74) is 1.08. The number of rotatable bonds is 2. The van der Waals surface area contributed by atoms with Crippen LogP contribution in [-0.2, 0) is 4.79 Å². The van der Waals surface area contributed by atoms with Gasteiger partial charge in [-0.05, 0) is 12.1 Å². The van der Waals surface area contributed by atoms with Crippen molar-refractivity contribution in [1.82, 2.24) is 4.98 Å². The molecule has 76 valence electrons. The zero-order valence-corrected chi connectivity index (χ0v) is 7.48. The van der Waals surface area contributed by atoms with Crippen LogP contribution in [0.15, 0.2) is 28.7 Å². The molecule has 1 aromatic heterocycles. The van der Waals surface area contributed by atoms with E-state index in [4.69, 9.17) is 9.52 Å². The second-order valence-electron chi connectivity index (χ2n) is 2.83. The maximum absolute atomic E-state index is 12.7. The van der Waals surface area contributed by atoms with E-state index < -0.39 is 12.1 Å². The van der Waals surface area contributed by atoms with Gasteiger partial charge in [0.15, 0.2) is 5.58 Å². The van der Waals surface area contributed by atoms with Gasteiger partial charge in [0.25, 0.3) is 0 Å². The molecule has 0 atom stereocenters. The monoisotopic (exact) mass is 207 g/mol. The number of hydrogen-bond acceptors (Lipinski definition) is 3. The zero-order valence-electron chi connectivity index (χ0n) is 7.48. The molecule has 15 heavy (non-hydrogen) atoms. The van der Waals surface area contributed by atoms with Crippen molar-refractivity contribution < 1.29 is 18.7 Å². The second kappa shape index (κ2) is 3.53. The van der Waals surface area contributed by atoms with Gasteiger partial charge in [-0.1, -0.05) is 12.1 Å². The van der Waals surface area contributed by atoms with E-state index in [-0.39, 0.29) is 5.58 Å². The normalized spacial score (nSPS) is 11.3. The third-order valence-corrected chi connectivity index (χ3v) is 1.82. The zero-order chi connectivity index (χ0) is 10.8. The number of halogens is 1. The van der Waals surface area contributed by atoms with Crippen LogP contribution in [0.3, 0.4) is 0 Å². The fourth-order valence-corrected chi connectivity index (χ4v) is 1.24. The minimum absolute atomic E-state index is 0.243. The van der Waals surface area contributed by atoms with E-state index in [1.54, 1.807) is 18.2 Å². The molecule has 0 aliphatic carbocycles. The molecule has 1 heterocycles. The number of carboxylic acids is 1. The largest absolute Gasteiger partial charge is 0.478 e. The van der Waals surface area contributed by atoms with Gasteiger partial charge in [0.05, 0.1) is 0 Å². The molecule has 0 radical (unpaired) electrons. The molecule has 0 unspecified atom stereocenters. The fourth-order valence-electron chi connectivity index (χ4n) is 1.24. The number of oxazole rings is 1. The van der Waals surface area contributed by atoms with Crippen molar-refractivity contribution in [1.29, 1.82) is 0 Å². The van der Waals surface area contributed by atoms with E-state index in [9.17, 15) is 9.18 Å². The minimum Gasteiger partial charge on any atom is -0.478 e. The van der Waals surface area contributed by atoms with E-state index >= 15 is 0 Å². The molecule has 0 aliphatic rings. The second-order valence-corrected chi connectivity index (χ2v) is 2.83. The Kier molecular flexibility index (Phi) is 2.21. The molecule has 4 nitrogen and oxygen atoms in total. The van der Waals surface area contributed by atoms with Crippen LogP contribution in [0.1, 0.15) is 5.56 Å². The fraction of sp³-hybridized carbons (Fsp3) is 0. The summed E-state index contributed by atoms with van der Waals surface area (Å²) >= 11 is 0. The average Bonchev–Trinajstić information content (AvgIpc) is 2.55. The third kappa shape index (κ3) is 1.85. The van der Waals surface area contributed by atoms with Gasteiger partial charge in [-0.25, -0.2) is 4.79 Å². The first-order valence-corrected chi connectivity index (χ1v) is 4.13. The Bertz CT molecular complexity index is 545. The highest BCUT2D eigenvalue weighted by Gasteiger charge is 2.07. The van der Waals surface area contributed by atoms with Gasteiger partial charge in [-0.2, -0.15) is 4.98 Å². The SMILES string of the molecule is O=C(O)/C=C/c1cccc2nc(F)oc12. The third-order valence-electron chi connectivity index (χ3n) is 1.82. The molecule has 0 spiro atoms. The number of fused-ring (bicyclic) bond motifs is 1. The highest BCUT2D eigenvalue weighted by molar-refractivity contribution is 5.90. The van der Waals surface area contributed by atoms with Crippen molar-refractivity contribution in [2.45, 2.75) is 0 Å². The van der Waals surface area contributed by atoms with Crippen molar-refractivity contribution in [2.24, 2.45) is 0 Å². The first-order chi connectivity index (χ1) is 7.16. The molecule has 0 bridgehead atoms. The van der Waals surface area contributed by atoms with Crippen LogP contribution in [0.5, 0.6) is 0 Å². The van der Waals surface area contributed by atoms with Gasteiger partial charge >= 0.3 is 12.1 Å². The van der Waals surface area contributed by atoms with Crippen LogP contribution < -0.4 is 0 Å². The Morgan fingerprint density at radius 3 is 3.07 bits per heavy atom. The topological polar surface area (TPSA) is 63.3 Å². The highest BCUT2D eigenvalue weighted by atomic mass is 19.1. The van der Waals surface area contributed by atoms with Gasteiger partial charge < -0.3 is 9.52 Å². The predicted molar refractivity (Wildman–Crippen MR) is 50.6 cm³/mol. The molecule has 0 amide bonds. The van der Waals surface area contributed by atoms with Crippen LogP contribution in [0.4, 0.5) is 4.39 Å². The first kappa shape index (κ1) is 9.39. The Balaban J connectivity index is 2.55. The minimum atomic E-state index is -1.08. The Morgan fingerprint density at radius 2 is 2.33 bits per heavy atom. The Hall–Kier alpha value is -2.17. The number of nitrogens with zero attached hydrogens (tertiary/aromatic N) is 1. The van der Waals surface area contributed by atoms with Crippen molar-refractivity contribution in [3.63, 3.8) is 0 Å². The van der Waals surface area contributed by atoms with E-state index in [0.29, 0.717) is 11.1 Å². The lowest BCUT2D eigenvalue weighted by Gasteiger charge is -1.92. The van der Waals surface area contributed by atoms with Gasteiger partial charge in [-0.15, -0.1) is 4.39 Å². The number of hydrogen-bond donors (Lipinski definition) is 1. The van der Waals surface area contributed by atoms with Crippen LogP contribution in [0.2, 0.25) is 0 Å². The van der Waals surface area contributed by atoms with Crippen molar-refractivity contribution in [2.75, 3.05) is 0 Å². The van der Waals surface area contributed by atoms with Crippen molar-refractivity contribution in [3.05, 3.63) is 36.0 Å². The van der Waals surface area contributed by atoms with Gasteiger partial charge in [-0.3, -0.25) is 0 Å². The summed E-state index contributed by atoms with van der Waals surface area (Å²) in [6.07, 6.45) is 1.35. The maximum Gasteiger partial charge on any atom is 0.382 e. The number of aliphatic carboxylic acids is 1. The molecule has 0 saturated heterocycles. The number of para-hydroxylation sites is 1. The first-order valence-electron chi connectivity index (χ1n) is 4.13. The quantitative estimate of drug-likeness (QED) is 0.765. The standard InChI is InChI=1S/C10H6FNO3/c11-10-12-7-3-1-2-6(9(7)15-10)4-5-8(13)14/h1-5H,(H,13,14)/b5-4+. The molecular formula is C10H6FNO3. The molecule has 0 aliphatic heterocycles. The summed E-state index contributed by atoms with van der Waals surface area (Å²) < 4.78 is 17.4. The Morgan fingerprint density at radius 1 is 1.53 bits per heavy atom. The van der Waals surface area contributed by atoms with Gasteiger partial charge in [0.2, 0.25) is 0 Å². The summed E-state index contributed by atoms with van der Waals surface area (Å²) in [5, 5.41) is 8.44. The molecule has 5 heteroatoms. The van der Waals surface area contributed by atoms with Crippen LogP contribution in [-0.4, -0.2) is 16.1 Å². The molecule has 1 aromatic carbocycles. The average molecular weight is 207 g/mol. The molecule has 0 fully saturated rings. The number of carbonyl (C=O) groups is 1. The lowest BCUT2D eigenvalue weighted by molar-refractivity contribution is -0.131. The van der Waals surface area contributed by atoms with Crippen LogP contribution in [0, 0.1) is 6.14 Å². The van der Waals surface area contributed by atoms with Crippen LogP contribution >= 0.6 is 0 Å². The lowest BCUT2D eigenvalue weighted by Crippen LogP contribution is -1.85. The molecule has 2 rings (SSSR count). The number of benzene rings is 1. The van der Waals surface area contributed by atoms with Crippen molar-refractivity contribution >= 4 is 23.1 Å². The van der Waals surface area contributed by atoms with E-state index in [2.05, 4.69) is 4.98 Å². The smallest absolute Gasteiger partial charge is 0.382 e. The summed E-state index contributed by atoms with van der Waals surface area (Å²) in [6, 6.07) is 4.85. The molecule has 2 aromatic rings. The van der Waals surface area contributed by atoms with Gasteiger partial charge in [0, 0.05) is 11.6 Å². The molecular weight excluding hydrogens is 201 g/mol. The summed E-state index contributed by atoms with van der Waals surface area (Å²) in [6.45, 7) is 0. The summed E-state index contributed by atoms with van der Waals surface area (Å²) in [4.78, 5) is 13.8. The highest BCUT2D eigenvalue weighted by Crippen LogP contribution is 2.20. The number of carboxylic acid groups (broad SMARTS) is 1. The summed E-state index contributed by atoms with van der Waals surface area (Å²) in [7, 11) is 0.